The molecule has 172 valence electrons. The van der Waals surface area contributed by atoms with Crippen LogP contribution in [0.5, 0.6) is 0 Å². The van der Waals surface area contributed by atoms with E-state index in [9.17, 15) is 19.2 Å². The molecule has 0 fully saturated rings. The molecule has 0 aliphatic carbocycles. The Morgan fingerprint density at radius 3 is 2.35 bits per heavy atom. The lowest BCUT2D eigenvalue weighted by molar-refractivity contribution is -0.117. The van der Waals surface area contributed by atoms with E-state index in [1.165, 1.54) is 17.7 Å². The van der Waals surface area contributed by atoms with Gasteiger partial charge in [-0.15, -0.1) is 0 Å². The van der Waals surface area contributed by atoms with Gasteiger partial charge in [0, 0.05) is 31.0 Å². The number of aromatic nitrogens is 3. The Kier molecular flexibility index (Phi) is 6.63. The molecule has 2 heterocycles. The van der Waals surface area contributed by atoms with Gasteiger partial charge in [-0.2, -0.15) is 0 Å². The molecule has 4 rings (SSSR count). The van der Waals surface area contributed by atoms with E-state index < -0.39 is 17.2 Å². The van der Waals surface area contributed by atoms with Gasteiger partial charge in [-0.25, -0.2) is 9.78 Å². The normalized spacial score (nSPS) is 10.7. The fraction of sp³-hybridized carbons (Fsp3) is 0.160. The van der Waals surface area contributed by atoms with Crippen LogP contribution in [0.3, 0.4) is 0 Å². The number of rotatable bonds is 7. The van der Waals surface area contributed by atoms with Crippen molar-refractivity contribution >= 4 is 34.2 Å². The van der Waals surface area contributed by atoms with Crippen molar-refractivity contribution < 1.29 is 9.59 Å². The highest BCUT2D eigenvalue weighted by Crippen LogP contribution is 2.15. The van der Waals surface area contributed by atoms with Gasteiger partial charge in [-0.05, 0) is 42.3 Å². The summed E-state index contributed by atoms with van der Waals surface area (Å²) in [6, 6.07) is 19.4. The fourth-order valence-electron chi connectivity index (χ4n) is 3.70. The Hall–Kier alpha value is -4.53. The van der Waals surface area contributed by atoms with Crippen molar-refractivity contribution in [1.82, 2.24) is 14.1 Å². The van der Waals surface area contributed by atoms with Crippen molar-refractivity contribution in [3.8, 4) is 0 Å². The van der Waals surface area contributed by atoms with E-state index in [0.29, 0.717) is 17.8 Å². The summed E-state index contributed by atoms with van der Waals surface area (Å²) in [6.07, 6.45) is 1.96. The number of anilines is 2. The molecule has 2 amide bonds. The molecular weight excluding hydrogens is 434 g/mol. The lowest BCUT2D eigenvalue weighted by Crippen LogP contribution is -2.42. The maximum atomic E-state index is 13.3. The van der Waals surface area contributed by atoms with Crippen LogP contribution in [-0.4, -0.2) is 25.9 Å². The lowest BCUT2D eigenvalue weighted by Gasteiger charge is -2.14. The van der Waals surface area contributed by atoms with Crippen molar-refractivity contribution in [1.29, 1.82) is 0 Å². The summed E-state index contributed by atoms with van der Waals surface area (Å²) >= 11 is 0. The van der Waals surface area contributed by atoms with Crippen LogP contribution in [-0.2, 0) is 29.1 Å². The van der Waals surface area contributed by atoms with Gasteiger partial charge >= 0.3 is 5.69 Å². The van der Waals surface area contributed by atoms with Crippen LogP contribution in [0.1, 0.15) is 12.5 Å². The third kappa shape index (κ3) is 5.09. The van der Waals surface area contributed by atoms with Gasteiger partial charge in [0.1, 0.15) is 6.54 Å². The largest absolute Gasteiger partial charge is 0.332 e. The van der Waals surface area contributed by atoms with Crippen molar-refractivity contribution in [2.45, 2.75) is 26.4 Å². The molecule has 0 atom stereocenters. The van der Waals surface area contributed by atoms with Crippen LogP contribution >= 0.6 is 0 Å². The molecule has 0 saturated carbocycles. The smallest absolute Gasteiger partial charge is 0.326 e. The van der Waals surface area contributed by atoms with E-state index >= 15 is 0 Å². The Balaban J connectivity index is 1.64. The molecule has 0 radical (unpaired) electrons. The zero-order chi connectivity index (χ0) is 24.1. The number of benzene rings is 2. The summed E-state index contributed by atoms with van der Waals surface area (Å²) in [6.45, 7) is 1.25. The molecule has 34 heavy (non-hydrogen) atoms. The number of carbonyl (C=O) groups excluding carboxylic acids is 2. The van der Waals surface area contributed by atoms with Crippen LogP contribution in [0.2, 0.25) is 0 Å². The second kappa shape index (κ2) is 9.95. The second-order valence-corrected chi connectivity index (χ2v) is 7.74. The molecule has 0 unspecified atom stereocenters. The number of aryl methyl sites for hydroxylation is 1. The van der Waals surface area contributed by atoms with Crippen LogP contribution in [0, 0.1) is 0 Å². The number of nitrogens with zero attached hydrogens (tertiary/aromatic N) is 3. The number of amides is 2. The van der Waals surface area contributed by atoms with E-state index in [2.05, 4.69) is 15.6 Å². The monoisotopic (exact) mass is 457 g/mol. The zero-order valence-electron chi connectivity index (χ0n) is 18.5. The summed E-state index contributed by atoms with van der Waals surface area (Å²) in [5, 5.41) is 5.38. The summed E-state index contributed by atoms with van der Waals surface area (Å²) in [7, 11) is 0. The molecule has 2 aromatic carbocycles. The summed E-state index contributed by atoms with van der Waals surface area (Å²) in [5.74, 6) is -0.688. The second-order valence-electron chi connectivity index (χ2n) is 7.74. The summed E-state index contributed by atoms with van der Waals surface area (Å²) < 4.78 is 2.37. The van der Waals surface area contributed by atoms with Crippen LogP contribution < -0.4 is 21.9 Å². The van der Waals surface area contributed by atoms with Gasteiger partial charge in [0.2, 0.25) is 11.8 Å². The van der Waals surface area contributed by atoms with E-state index in [4.69, 9.17) is 0 Å². The number of carbonyl (C=O) groups is 2. The van der Waals surface area contributed by atoms with E-state index in [1.807, 2.05) is 30.3 Å². The minimum Gasteiger partial charge on any atom is -0.326 e. The number of hydrogen-bond donors (Lipinski definition) is 2. The first-order valence-electron chi connectivity index (χ1n) is 10.7. The SMILES string of the molecule is CC(=O)Nc1cccc(NC(=O)Cn2c(=O)n(CCc3ccccc3)c(=O)c3ncccc32)c1. The van der Waals surface area contributed by atoms with E-state index in [0.717, 1.165) is 10.1 Å². The highest BCUT2D eigenvalue weighted by molar-refractivity contribution is 5.93. The molecule has 9 heteroatoms. The highest BCUT2D eigenvalue weighted by atomic mass is 16.2. The molecule has 2 aromatic heterocycles. The number of hydrogen-bond acceptors (Lipinski definition) is 5. The molecule has 4 aromatic rings. The van der Waals surface area contributed by atoms with E-state index in [-0.39, 0.29) is 30.0 Å². The molecule has 9 nitrogen and oxygen atoms in total. The standard InChI is InChI=1S/C25H23N5O4/c1-17(31)27-19-9-5-10-20(15-19)28-22(32)16-30-21-11-6-13-26-23(21)24(33)29(25(30)34)14-12-18-7-3-2-4-8-18/h2-11,13,15H,12,14,16H2,1H3,(H,27,31)(H,28,32). The van der Waals surface area contributed by atoms with Crippen LogP contribution in [0.4, 0.5) is 11.4 Å². The maximum absolute atomic E-state index is 13.3. The average molecular weight is 457 g/mol. The van der Waals surface area contributed by atoms with Crippen LogP contribution in [0.15, 0.2) is 82.5 Å². The maximum Gasteiger partial charge on any atom is 0.332 e. The molecule has 0 bridgehead atoms. The van der Waals surface area contributed by atoms with Crippen molar-refractivity contribution in [2.75, 3.05) is 10.6 Å². The Bertz CT molecular complexity index is 1470. The molecule has 0 saturated heterocycles. The number of nitrogens with one attached hydrogen (secondary N) is 2. The third-order valence-corrected chi connectivity index (χ3v) is 5.22. The lowest BCUT2D eigenvalue weighted by atomic mass is 10.1. The Labute approximate surface area is 194 Å². The first kappa shape index (κ1) is 22.7. The Morgan fingerprint density at radius 1 is 0.882 bits per heavy atom. The summed E-state index contributed by atoms with van der Waals surface area (Å²) in [5.41, 5.74) is 1.32. The quantitative estimate of drug-likeness (QED) is 0.442. The van der Waals surface area contributed by atoms with Gasteiger partial charge in [0.15, 0.2) is 5.52 Å². The van der Waals surface area contributed by atoms with Crippen molar-refractivity contribution in [3.05, 3.63) is 99.3 Å². The third-order valence-electron chi connectivity index (χ3n) is 5.22. The highest BCUT2D eigenvalue weighted by Gasteiger charge is 2.16. The van der Waals surface area contributed by atoms with Gasteiger partial charge in [0.25, 0.3) is 5.56 Å². The average Bonchev–Trinajstić information content (AvgIpc) is 2.82. The van der Waals surface area contributed by atoms with Crippen molar-refractivity contribution in [3.63, 3.8) is 0 Å². The predicted molar refractivity (Wildman–Crippen MR) is 130 cm³/mol. The molecular formula is C25H23N5O4. The van der Waals surface area contributed by atoms with Gasteiger partial charge < -0.3 is 10.6 Å². The van der Waals surface area contributed by atoms with Gasteiger partial charge in [-0.3, -0.25) is 23.5 Å². The Morgan fingerprint density at radius 2 is 1.62 bits per heavy atom. The molecule has 0 aliphatic rings. The van der Waals surface area contributed by atoms with Crippen LogP contribution in [0.25, 0.3) is 11.0 Å². The topological polar surface area (TPSA) is 115 Å². The minimum absolute atomic E-state index is 0.121. The predicted octanol–water partition coefficient (Wildman–Crippen LogP) is 2.40. The first-order chi connectivity index (χ1) is 16.4. The van der Waals surface area contributed by atoms with Gasteiger partial charge in [0.05, 0.1) is 5.52 Å². The first-order valence-corrected chi connectivity index (χ1v) is 10.7. The number of fused-ring (bicyclic) bond motifs is 1. The van der Waals surface area contributed by atoms with Crippen molar-refractivity contribution in [2.24, 2.45) is 0 Å². The molecule has 0 aliphatic heterocycles. The minimum atomic E-state index is -0.580. The molecule has 2 N–H and O–H groups in total. The number of pyridine rings is 1. The van der Waals surface area contributed by atoms with Gasteiger partial charge in [-0.1, -0.05) is 36.4 Å². The zero-order valence-corrected chi connectivity index (χ0v) is 18.5. The fourth-order valence-corrected chi connectivity index (χ4v) is 3.70. The van der Waals surface area contributed by atoms with E-state index in [1.54, 1.807) is 36.4 Å². The molecule has 0 spiro atoms. The summed E-state index contributed by atoms with van der Waals surface area (Å²) in [4.78, 5) is 54.5.